The Labute approximate surface area is 171 Å². The lowest BCUT2D eigenvalue weighted by molar-refractivity contribution is -0.143. The van der Waals surface area contributed by atoms with Gasteiger partial charge >= 0.3 is 11.9 Å². The number of carbonyl (C=O) groups excluding carboxylic acids is 4. The average Bonchev–Trinajstić information content (AvgIpc) is 2.65. The molecule has 30 heavy (non-hydrogen) atoms. The smallest absolute Gasteiger partial charge is 0.326 e. The van der Waals surface area contributed by atoms with E-state index < -0.39 is 72.8 Å². The van der Waals surface area contributed by atoms with Crippen LogP contribution >= 0.6 is 0 Å². The minimum atomic E-state index is -1.48. The van der Waals surface area contributed by atoms with Crippen LogP contribution < -0.4 is 27.4 Å². The van der Waals surface area contributed by atoms with E-state index in [2.05, 4.69) is 16.0 Å². The predicted octanol–water partition coefficient (Wildman–Crippen LogP) is -4.00. The fraction of sp³-hybridized carbons (Fsp3) is 0.625. The fourth-order valence-corrected chi connectivity index (χ4v) is 2.10. The van der Waals surface area contributed by atoms with Crippen LogP contribution in [0, 0.1) is 0 Å². The zero-order chi connectivity index (χ0) is 23.4. The lowest BCUT2D eigenvalue weighted by atomic mass is 10.1. The Bertz CT molecular complexity index is 669. The van der Waals surface area contributed by atoms with E-state index in [1.54, 1.807) is 0 Å². The lowest BCUT2D eigenvalue weighted by Crippen LogP contribution is -2.57. The quantitative estimate of drug-likeness (QED) is 0.132. The van der Waals surface area contributed by atoms with E-state index in [1.165, 1.54) is 6.92 Å². The summed E-state index contributed by atoms with van der Waals surface area (Å²) in [6.07, 6.45) is -1.09. The molecular weight excluding hydrogens is 406 g/mol. The summed E-state index contributed by atoms with van der Waals surface area (Å²) in [4.78, 5) is 68.6. The molecule has 0 aliphatic carbocycles. The molecule has 0 aliphatic heterocycles. The summed E-state index contributed by atoms with van der Waals surface area (Å²) in [5, 5.41) is 33.4. The number of hydrogen-bond acceptors (Lipinski definition) is 8. The van der Waals surface area contributed by atoms with Crippen LogP contribution in [0.25, 0.3) is 0 Å². The van der Waals surface area contributed by atoms with E-state index >= 15 is 0 Å². The van der Waals surface area contributed by atoms with Crippen molar-refractivity contribution < 1.29 is 44.1 Å². The molecule has 0 saturated heterocycles. The highest BCUT2D eigenvalue weighted by Crippen LogP contribution is 2.00. The molecule has 10 N–H and O–H groups in total. The molecule has 0 bridgehead atoms. The monoisotopic (exact) mass is 433 g/mol. The second-order valence-electron chi connectivity index (χ2n) is 6.42. The molecule has 0 aromatic carbocycles. The second-order valence-corrected chi connectivity index (χ2v) is 6.42. The van der Waals surface area contributed by atoms with Crippen molar-refractivity contribution in [3.63, 3.8) is 0 Å². The van der Waals surface area contributed by atoms with E-state index in [1.807, 2.05) is 0 Å². The molecule has 4 unspecified atom stereocenters. The standard InChI is InChI=1S/C16H27N5O9/c1-7(13(26)20-9(16(29)30)3-5-12(24)25)19-15(28)10(6-22)21-14(27)8(17)2-4-11(18)23/h7-10,22H,2-6,17H2,1H3,(H2,18,23)(H,19,28)(H,20,26)(H,21,27)(H,24,25)(H,29,30). The number of amides is 4. The first-order valence-corrected chi connectivity index (χ1v) is 8.89. The number of aliphatic carboxylic acids is 2. The summed E-state index contributed by atoms with van der Waals surface area (Å²) in [6.45, 7) is 0.392. The summed E-state index contributed by atoms with van der Waals surface area (Å²) < 4.78 is 0. The molecule has 0 aromatic rings. The van der Waals surface area contributed by atoms with Crippen LogP contribution in [0.5, 0.6) is 0 Å². The maximum atomic E-state index is 12.2. The van der Waals surface area contributed by atoms with Gasteiger partial charge in [0.05, 0.1) is 12.6 Å². The number of nitrogens with two attached hydrogens (primary N) is 2. The summed E-state index contributed by atoms with van der Waals surface area (Å²) in [7, 11) is 0. The maximum absolute atomic E-state index is 12.2. The van der Waals surface area contributed by atoms with Crippen molar-refractivity contribution in [2.75, 3.05) is 6.61 Å². The molecule has 0 aromatic heterocycles. The number of aliphatic hydroxyl groups is 1. The van der Waals surface area contributed by atoms with Crippen LogP contribution in [-0.2, 0) is 28.8 Å². The molecule has 0 rings (SSSR count). The van der Waals surface area contributed by atoms with Gasteiger partial charge in [-0.05, 0) is 19.8 Å². The number of hydrogen-bond donors (Lipinski definition) is 8. The van der Waals surface area contributed by atoms with Crippen molar-refractivity contribution in [3.8, 4) is 0 Å². The van der Waals surface area contributed by atoms with Crippen molar-refractivity contribution in [2.45, 2.75) is 56.8 Å². The molecule has 0 aliphatic rings. The zero-order valence-electron chi connectivity index (χ0n) is 16.3. The molecular formula is C16H27N5O9. The minimum Gasteiger partial charge on any atom is -0.481 e. The largest absolute Gasteiger partial charge is 0.481 e. The Hall–Kier alpha value is -3.26. The highest BCUT2D eigenvalue weighted by atomic mass is 16.4. The number of primary amides is 1. The molecule has 0 radical (unpaired) electrons. The van der Waals surface area contributed by atoms with E-state index in [-0.39, 0.29) is 19.3 Å². The Balaban J connectivity index is 4.79. The highest BCUT2D eigenvalue weighted by Gasteiger charge is 2.28. The third-order valence-corrected chi connectivity index (χ3v) is 3.87. The van der Waals surface area contributed by atoms with Crippen LogP contribution in [0.15, 0.2) is 0 Å². The van der Waals surface area contributed by atoms with Crippen molar-refractivity contribution in [3.05, 3.63) is 0 Å². The van der Waals surface area contributed by atoms with E-state index in [0.717, 1.165) is 0 Å². The summed E-state index contributed by atoms with van der Waals surface area (Å²) in [5.41, 5.74) is 10.5. The molecule has 14 heteroatoms. The van der Waals surface area contributed by atoms with Gasteiger partial charge in [-0.25, -0.2) is 4.79 Å². The molecule has 14 nitrogen and oxygen atoms in total. The number of carboxylic acid groups (broad SMARTS) is 2. The van der Waals surface area contributed by atoms with Crippen molar-refractivity contribution in [2.24, 2.45) is 11.5 Å². The number of aliphatic hydroxyl groups excluding tert-OH is 1. The SMILES string of the molecule is CC(NC(=O)C(CO)NC(=O)C(N)CCC(N)=O)C(=O)NC(CCC(=O)O)C(=O)O. The number of nitrogens with one attached hydrogen (secondary N) is 3. The molecule has 4 amide bonds. The maximum Gasteiger partial charge on any atom is 0.326 e. The van der Waals surface area contributed by atoms with Crippen LogP contribution in [0.4, 0.5) is 0 Å². The molecule has 0 saturated carbocycles. The van der Waals surface area contributed by atoms with Gasteiger partial charge in [-0.1, -0.05) is 0 Å². The van der Waals surface area contributed by atoms with Gasteiger partial charge in [-0.3, -0.25) is 24.0 Å². The van der Waals surface area contributed by atoms with E-state index in [0.29, 0.717) is 0 Å². The lowest BCUT2D eigenvalue weighted by Gasteiger charge is -2.22. The van der Waals surface area contributed by atoms with Crippen molar-refractivity contribution in [1.29, 1.82) is 0 Å². The zero-order valence-corrected chi connectivity index (χ0v) is 16.3. The minimum absolute atomic E-state index is 0.0767. The topological polar surface area (TPSA) is 251 Å². The Morgan fingerprint density at radius 3 is 1.87 bits per heavy atom. The van der Waals surface area contributed by atoms with Gasteiger partial charge in [-0.15, -0.1) is 0 Å². The molecule has 0 spiro atoms. The van der Waals surface area contributed by atoms with Crippen LogP contribution in [0.2, 0.25) is 0 Å². The molecule has 0 fully saturated rings. The van der Waals surface area contributed by atoms with Crippen LogP contribution in [0.3, 0.4) is 0 Å². The van der Waals surface area contributed by atoms with Gasteiger partial charge in [0.1, 0.15) is 18.1 Å². The van der Waals surface area contributed by atoms with Crippen LogP contribution in [0.1, 0.15) is 32.6 Å². The fourth-order valence-electron chi connectivity index (χ4n) is 2.10. The average molecular weight is 433 g/mol. The van der Waals surface area contributed by atoms with Gasteiger partial charge < -0.3 is 42.7 Å². The third kappa shape index (κ3) is 10.3. The Morgan fingerprint density at radius 2 is 1.40 bits per heavy atom. The summed E-state index contributed by atoms with van der Waals surface area (Å²) >= 11 is 0. The number of carbonyl (C=O) groups is 6. The van der Waals surface area contributed by atoms with Crippen molar-refractivity contribution >= 4 is 35.6 Å². The van der Waals surface area contributed by atoms with Gasteiger partial charge in [0.25, 0.3) is 0 Å². The first-order valence-electron chi connectivity index (χ1n) is 8.89. The van der Waals surface area contributed by atoms with Gasteiger partial charge in [-0.2, -0.15) is 0 Å². The summed E-state index contributed by atoms with van der Waals surface area (Å²) in [5.74, 6) is -6.06. The first-order chi connectivity index (χ1) is 13.9. The highest BCUT2D eigenvalue weighted by molar-refractivity contribution is 5.94. The normalized spacial score (nSPS) is 14.5. The Morgan fingerprint density at radius 1 is 0.833 bits per heavy atom. The predicted molar refractivity (Wildman–Crippen MR) is 99.5 cm³/mol. The molecule has 4 atom stereocenters. The van der Waals surface area contributed by atoms with Gasteiger partial charge in [0, 0.05) is 12.8 Å². The third-order valence-electron chi connectivity index (χ3n) is 3.87. The number of carboxylic acids is 2. The van der Waals surface area contributed by atoms with E-state index in [4.69, 9.17) is 21.7 Å². The molecule has 0 heterocycles. The molecule has 170 valence electrons. The van der Waals surface area contributed by atoms with Gasteiger partial charge in [0.2, 0.25) is 23.6 Å². The van der Waals surface area contributed by atoms with Crippen molar-refractivity contribution in [1.82, 2.24) is 16.0 Å². The summed E-state index contributed by atoms with van der Waals surface area (Å²) in [6, 6.07) is -5.37. The number of rotatable bonds is 14. The van der Waals surface area contributed by atoms with E-state index in [9.17, 15) is 33.9 Å². The van der Waals surface area contributed by atoms with Gasteiger partial charge in [0.15, 0.2) is 0 Å². The Kier molecular flexibility index (Phi) is 11.6. The first kappa shape index (κ1) is 26.7. The van der Waals surface area contributed by atoms with Crippen LogP contribution in [-0.4, -0.2) is 81.7 Å². The second kappa shape index (κ2) is 13.1.